The van der Waals surface area contributed by atoms with Gasteiger partial charge in [0, 0.05) is 13.0 Å². The van der Waals surface area contributed by atoms with Crippen LogP contribution in [0, 0.1) is 5.92 Å². The molecule has 0 saturated heterocycles. The van der Waals surface area contributed by atoms with E-state index in [4.69, 9.17) is 4.74 Å². The Morgan fingerprint density at radius 3 is 2.80 bits per heavy atom. The normalized spacial score (nSPS) is 33.2. The maximum Gasteiger partial charge on any atom is 0.161 e. The van der Waals surface area contributed by atoms with Crippen molar-refractivity contribution < 1.29 is 9.53 Å². The highest BCUT2D eigenvalue weighted by molar-refractivity contribution is 5.85. The second-order valence-electron chi connectivity index (χ2n) is 2.96. The van der Waals surface area contributed by atoms with Crippen LogP contribution >= 0.6 is 0 Å². The number of rotatable bonds is 2. The Bertz CT molecular complexity index is 131. The zero-order chi connectivity index (χ0) is 7.56. The lowest BCUT2D eigenvalue weighted by atomic mass is 10.1. The Balaban J connectivity index is 2.39. The molecule has 1 aliphatic carbocycles. The van der Waals surface area contributed by atoms with Crippen molar-refractivity contribution >= 4 is 5.78 Å². The first-order chi connectivity index (χ1) is 4.74. The van der Waals surface area contributed by atoms with Crippen molar-refractivity contribution in [3.8, 4) is 0 Å². The van der Waals surface area contributed by atoms with Crippen LogP contribution in [0.4, 0.5) is 0 Å². The minimum absolute atomic E-state index is 0.0833. The van der Waals surface area contributed by atoms with Crippen molar-refractivity contribution in [3.63, 3.8) is 0 Å². The van der Waals surface area contributed by atoms with E-state index in [0.29, 0.717) is 18.9 Å². The van der Waals surface area contributed by atoms with Gasteiger partial charge in [0.25, 0.3) is 0 Å². The molecule has 2 atom stereocenters. The van der Waals surface area contributed by atoms with Crippen LogP contribution in [-0.4, -0.2) is 18.5 Å². The Hall–Kier alpha value is -0.370. The maximum atomic E-state index is 11.0. The van der Waals surface area contributed by atoms with E-state index in [2.05, 4.69) is 6.92 Å². The highest BCUT2D eigenvalue weighted by Gasteiger charge is 2.29. The number of Topliss-reactive ketones (excluding diaryl/α,β-unsaturated/α-hetero) is 1. The predicted molar refractivity (Wildman–Crippen MR) is 38.8 cm³/mol. The van der Waals surface area contributed by atoms with Gasteiger partial charge in [0.05, 0.1) is 0 Å². The molecule has 0 aromatic heterocycles. The monoisotopic (exact) mass is 142 g/mol. The fraction of sp³-hybridized carbons (Fsp3) is 0.875. The highest BCUT2D eigenvalue weighted by atomic mass is 16.5. The van der Waals surface area contributed by atoms with E-state index in [1.165, 1.54) is 0 Å². The molecule has 0 amide bonds. The maximum absolute atomic E-state index is 11.0. The molecular formula is C8H14O2. The molecule has 0 aromatic carbocycles. The van der Waals surface area contributed by atoms with Gasteiger partial charge < -0.3 is 4.74 Å². The van der Waals surface area contributed by atoms with Crippen molar-refractivity contribution in [1.82, 2.24) is 0 Å². The van der Waals surface area contributed by atoms with Crippen LogP contribution in [-0.2, 0) is 9.53 Å². The Morgan fingerprint density at radius 1 is 1.70 bits per heavy atom. The average Bonchev–Trinajstić information content (AvgIpc) is 2.13. The summed E-state index contributed by atoms with van der Waals surface area (Å²) in [6.07, 6.45) is 1.55. The summed E-state index contributed by atoms with van der Waals surface area (Å²) < 4.78 is 5.24. The number of carbonyl (C=O) groups is 1. The summed E-state index contributed by atoms with van der Waals surface area (Å²) in [4.78, 5) is 11.0. The minimum Gasteiger partial charge on any atom is -0.371 e. The lowest BCUT2D eigenvalue weighted by molar-refractivity contribution is -0.127. The van der Waals surface area contributed by atoms with Gasteiger partial charge in [0.15, 0.2) is 5.78 Å². The quantitative estimate of drug-likeness (QED) is 0.582. The molecular weight excluding hydrogens is 128 g/mol. The van der Waals surface area contributed by atoms with E-state index in [9.17, 15) is 4.79 Å². The molecule has 1 fully saturated rings. The van der Waals surface area contributed by atoms with Crippen LogP contribution in [0.25, 0.3) is 0 Å². The van der Waals surface area contributed by atoms with Gasteiger partial charge in [-0.15, -0.1) is 0 Å². The molecule has 10 heavy (non-hydrogen) atoms. The third-order valence-corrected chi connectivity index (χ3v) is 1.89. The molecule has 1 rings (SSSR count). The van der Waals surface area contributed by atoms with Gasteiger partial charge in [-0.1, -0.05) is 6.92 Å². The van der Waals surface area contributed by atoms with Crippen LogP contribution < -0.4 is 0 Å². The number of hydrogen-bond acceptors (Lipinski definition) is 2. The van der Waals surface area contributed by atoms with Crippen molar-refractivity contribution in [2.75, 3.05) is 6.61 Å². The van der Waals surface area contributed by atoms with Crippen LogP contribution in [0.2, 0.25) is 0 Å². The van der Waals surface area contributed by atoms with E-state index in [0.717, 1.165) is 6.42 Å². The average molecular weight is 142 g/mol. The second-order valence-corrected chi connectivity index (χ2v) is 2.96. The van der Waals surface area contributed by atoms with Crippen LogP contribution in [0.5, 0.6) is 0 Å². The molecule has 0 aliphatic heterocycles. The largest absolute Gasteiger partial charge is 0.371 e. The van der Waals surface area contributed by atoms with Crippen LogP contribution in [0.3, 0.4) is 0 Å². The first-order valence-electron chi connectivity index (χ1n) is 3.88. The highest BCUT2D eigenvalue weighted by Crippen LogP contribution is 2.23. The minimum atomic E-state index is -0.0833. The lowest BCUT2D eigenvalue weighted by Gasteiger charge is -2.06. The molecule has 0 N–H and O–H groups in total. The van der Waals surface area contributed by atoms with Crippen molar-refractivity contribution in [2.45, 2.75) is 32.8 Å². The zero-order valence-electron chi connectivity index (χ0n) is 6.59. The number of ether oxygens (including phenoxy) is 1. The SMILES string of the molecule is CCOC1CC(C)CC1=O. The van der Waals surface area contributed by atoms with Gasteiger partial charge in [-0.05, 0) is 19.3 Å². The van der Waals surface area contributed by atoms with Gasteiger partial charge in [-0.25, -0.2) is 0 Å². The Kier molecular flexibility index (Phi) is 2.44. The first kappa shape index (κ1) is 7.73. The summed E-state index contributed by atoms with van der Waals surface area (Å²) in [6, 6.07) is 0. The molecule has 0 heterocycles. The molecule has 1 saturated carbocycles. The Morgan fingerprint density at radius 2 is 2.40 bits per heavy atom. The van der Waals surface area contributed by atoms with E-state index < -0.39 is 0 Å². The fourth-order valence-electron chi connectivity index (χ4n) is 1.42. The van der Waals surface area contributed by atoms with Crippen molar-refractivity contribution in [1.29, 1.82) is 0 Å². The molecule has 0 spiro atoms. The van der Waals surface area contributed by atoms with E-state index in [1.54, 1.807) is 0 Å². The number of ketones is 1. The molecule has 1 aliphatic rings. The zero-order valence-corrected chi connectivity index (χ0v) is 6.59. The third-order valence-electron chi connectivity index (χ3n) is 1.89. The first-order valence-corrected chi connectivity index (χ1v) is 3.88. The Labute approximate surface area is 61.6 Å². The molecule has 0 bridgehead atoms. The molecule has 0 aromatic rings. The predicted octanol–water partition coefficient (Wildman–Crippen LogP) is 1.39. The molecule has 0 radical (unpaired) electrons. The van der Waals surface area contributed by atoms with E-state index in [1.807, 2.05) is 6.92 Å². The van der Waals surface area contributed by atoms with Gasteiger partial charge in [-0.2, -0.15) is 0 Å². The van der Waals surface area contributed by atoms with E-state index in [-0.39, 0.29) is 11.9 Å². The molecule has 2 nitrogen and oxygen atoms in total. The summed E-state index contributed by atoms with van der Waals surface area (Å²) >= 11 is 0. The van der Waals surface area contributed by atoms with Gasteiger partial charge in [-0.3, -0.25) is 4.79 Å². The summed E-state index contributed by atoms with van der Waals surface area (Å²) in [5, 5.41) is 0. The fourth-order valence-corrected chi connectivity index (χ4v) is 1.42. The second kappa shape index (κ2) is 3.15. The van der Waals surface area contributed by atoms with Gasteiger partial charge in [0.2, 0.25) is 0 Å². The lowest BCUT2D eigenvalue weighted by Crippen LogP contribution is -2.17. The summed E-state index contributed by atoms with van der Waals surface area (Å²) in [6.45, 7) is 4.68. The smallest absolute Gasteiger partial charge is 0.161 e. The molecule has 2 unspecified atom stereocenters. The number of carbonyl (C=O) groups excluding carboxylic acids is 1. The van der Waals surface area contributed by atoms with Crippen LogP contribution in [0.15, 0.2) is 0 Å². The van der Waals surface area contributed by atoms with E-state index >= 15 is 0 Å². The number of hydrogen-bond donors (Lipinski definition) is 0. The van der Waals surface area contributed by atoms with Gasteiger partial charge >= 0.3 is 0 Å². The summed E-state index contributed by atoms with van der Waals surface area (Å²) in [7, 11) is 0. The summed E-state index contributed by atoms with van der Waals surface area (Å²) in [5.74, 6) is 0.818. The topological polar surface area (TPSA) is 26.3 Å². The van der Waals surface area contributed by atoms with Gasteiger partial charge in [0.1, 0.15) is 6.10 Å². The van der Waals surface area contributed by atoms with Crippen molar-refractivity contribution in [2.24, 2.45) is 5.92 Å². The van der Waals surface area contributed by atoms with Crippen LogP contribution in [0.1, 0.15) is 26.7 Å². The summed E-state index contributed by atoms with van der Waals surface area (Å²) in [5.41, 5.74) is 0. The third kappa shape index (κ3) is 1.57. The standard InChI is InChI=1S/C8H14O2/c1-3-10-8-5-6(2)4-7(8)9/h6,8H,3-5H2,1-2H3. The molecule has 58 valence electrons. The van der Waals surface area contributed by atoms with Crippen molar-refractivity contribution in [3.05, 3.63) is 0 Å². The molecule has 2 heteroatoms.